The van der Waals surface area contributed by atoms with Crippen LogP contribution in [0.4, 0.5) is 0 Å². The highest BCUT2D eigenvalue weighted by Crippen LogP contribution is 2.19. The van der Waals surface area contributed by atoms with Crippen LogP contribution in [0.5, 0.6) is 0 Å². The van der Waals surface area contributed by atoms with Gasteiger partial charge in [0.05, 0.1) is 19.3 Å². The van der Waals surface area contributed by atoms with Crippen LogP contribution in [0.25, 0.3) is 10.8 Å². The topological polar surface area (TPSA) is 35.5 Å². The Bertz CT molecular complexity index is 572. The van der Waals surface area contributed by atoms with Crippen molar-refractivity contribution < 1.29 is 14.3 Å². The van der Waals surface area contributed by atoms with Crippen LogP contribution in [-0.2, 0) is 9.47 Å². The molecule has 3 nitrogen and oxygen atoms in total. The van der Waals surface area contributed by atoms with Crippen molar-refractivity contribution in [1.82, 2.24) is 0 Å². The molecule has 0 aromatic heterocycles. The summed E-state index contributed by atoms with van der Waals surface area (Å²) in [4.78, 5) is 12.3. The maximum Gasteiger partial charge on any atom is 0.165 e. The molecule has 1 unspecified atom stereocenters. The number of Topliss-reactive ketones (excluding diaryl/α,β-unsaturated/α-hetero) is 1. The van der Waals surface area contributed by atoms with E-state index in [9.17, 15) is 4.79 Å². The van der Waals surface area contributed by atoms with E-state index < -0.39 is 0 Å². The summed E-state index contributed by atoms with van der Waals surface area (Å²) in [5.41, 5.74) is 0.770. The molecule has 106 valence electrons. The van der Waals surface area contributed by atoms with E-state index in [1.165, 1.54) is 0 Å². The standard InChI is InChI=1S/C17H20O3/c1-13(19-2)12-20-11-10-17(18)16-9-5-7-14-6-3-4-8-15(14)16/h3-9,13H,10-12H2,1-2H3. The average molecular weight is 272 g/mol. The third kappa shape index (κ3) is 3.65. The van der Waals surface area contributed by atoms with Gasteiger partial charge in [-0.2, -0.15) is 0 Å². The maximum atomic E-state index is 12.3. The van der Waals surface area contributed by atoms with Crippen molar-refractivity contribution in [2.75, 3.05) is 20.3 Å². The highest BCUT2D eigenvalue weighted by molar-refractivity contribution is 6.08. The molecule has 0 saturated heterocycles. The van der Waals surface area contributed by atoms with Crippen LogP contribution in [0.1, 0.15) is 23.7 Å². The number of benzene rings is 2. The van der Waals surface area contributed by atoms with Gasteiger partial charge in [-0.3, -0.25) is 4.79 Å². The van der Waals surface area contributed by atoms with E-state index in [0.717, 1.165) is 16.3 Å². The van der Waals surface area contributed by atoms with Gasteiger partial charge in [-0.1, -0.05) is 42.5 Å². The molecule has 0 heterocycles. The van der Waals surface area contributed by atoms with E-state index in [0.29, 0.717) is 19.6 Å². The van der Waals surface area contributed by atoms with Crippen LogP contribution in [0.15, 0.2) is 42.5 Å². The molecule has 0 aliphatic heterocycles. The quantitative estimate of drug-likeness (QED) is 0.572. The first-order valence-corrected chi connectivity index (χ1v) is 6.84. The van der Waals surface area contributed by atoms with Crippen LogP contribution in [0.2, 0.25) is 0 Å². The third-order valence-corrected chi connectivity index (χ3v) is 3.32. The van der Waals surface area contributed by atoms with E-state index in [4.69, 9.17) is 9.47 Å². The molecule has 0 aliphatic carbocycles. The number of hydrogen-bond donors (Lipinski definition) is 0. The Morgan fingerprint density at radius 1 is 1.15 bits per heavy atom. The number of ether oxygens (including phenoxy) is 2. The van der Waals surface area contributed by atoms with Crippen molar-refractivity contribution >= 4 is 16.6 Å². The molecule has 0 fully saturated rings. The van der Waals surface area contributed by atoms with Crippen molar-refractivity contribution in [3.8, 4) is 0 Å². The molecule has 2 rings (SSSR count). The zero-order valence-corrected chi connectivity index (χ0v) is 12.0. The minimum Gasteiger partial charge on any atom is -0.379 e. The highest BCUT2D eigenvalue weighted by Gasteiger charge is 2.09. The van der Waals surface area contributed by atoms with E-state index in [1.54, 1.807) is 7.11 Å². The SMILES string of the molecule is COC(C)COCCC(=O)c1cccc2ccccc12. The fourth-order valence-corrected chi connectivity index (χ4v) is 2.09. The summed E-state index contributed by atoms with van der Waals surface area (Å²) in [6.45, 7) is 2.88. The molecular formula is C17H20O3. The summed E-state index contributed by atoms with van der Waals surface area (Å²) >= 11 is 0. The second-order valence-corrected chi connectivity index (χ2v) is 4.82. The van der Waals surface area contributed by atoms with Gasteiger partial charge in [0, 0.05) is 19.1 Å². The summed E-state index contributed by atoms with van der Waals surface area (Å²) < 4.78 is 10.5. The van der Waals surface area contributed by atoms with Crippen LogP contribution in [-0.4, -0.2) is 32.2 Å². The molecule has 0 amide bonds. The Hall–Kier alpha value is -1.71. The highest BCUT2D eigenvalue weighted by atomic mass is 16.5. The monoisotopic (exact) mass is 272 g/mol. The predicted molar refractivity (Wildman–Crippen MR) is 80.2 cm³/mol. The summed E-state index contributed by atoms with van der Waals surface area (Å²) in [6.07, 6.45) is 0.451. The van der Waals surface area contributed by atoms with Gasteiger partial charge in [-0.15, -0.1) is 0 Å². The minimum atomic E-state index is 0.0580. The van der Waals surface area contributed by atoms with Crippen molar-refractivity contribution in [2.24, 2.45) is 0 Å². The molecular weight excluding hydrogens is 252 g/mol. The van der Waals surface area contributed by atoms with Gasteiger partial charge >= 0.3 is 0 Å². The van der Waals surface area contributed by atoms with Crippen molar-refractivity contribution in [3.63, 3.8) is 0 Å². The number of carbonyl (C=O) groups excluding carboxylic acids is 1. The molecule has 0 N–H and O–H groups in total. The predicted octanol–water partition coefficient (Wildman–Crippen LogP) is 3.46. The smallest absolute Gasteiger partial charge is 0.165 e. The van der Waals surface area contributed by atoms with Gasteiger partial charge in [0.1, 0.15) is 0 Å². The number of fused-ring (bicyclic) bond motifs is 1. The first kappa shape index (κ1) is 14.7. The fraction of sp³-hybridized carbons (Fsp3) is 0.353. The molecule has 2 aromatic carbocycles. The Morgan fingerprint density at radius 3 is 2.70 bits per heavy atom. The Morgan fingerprint density at radius 2 is 1.90 bits per heavy atom. The molecule has 2 aromatic rings. The minimum absolute atomic E-state index is 0.0580. The van der Waals surface area contributed by atoms with Gasteiger partial charge in [0.25, 0.3) is 0 Å². The number of ketones is 1. The van der Waals surface area contributed by atoms with E-state index in [2.05, 4.69) is 0 Å². The van der Waals surface area contributed by atoms with Gasteiger partial charge < -0.3 is 9.47 Å². The molecule has 0 bridgehead atoms. The molecule has 0 spiro atoms. The van der Waals surface area contributed by atoms with Crippen LogP contribution in [0.3, 0.4) is 0 Å². The lowest BCUT2D eigenvalue weighted by molar-refractivity contribution is 0.0181. The largest absolute Gasteiger partial charge is 0.379 e. The van der Waals surface area contributed by atoms with Crippen LogP contribution < -0.4 is 0 Å². The molecule has 1 atom stereocenters. The first-order valence-electron chi connectivity index (χ1n) is 6.84. The maximum absolute atomic E-state index is 12.3. The number of hydrogen-bond acceptors (Lipinski definition) is 3. The van der Waals surface area contributed by atoms with E-state index >= 15 is 0 Å². The van der Waals surface area contributed by atoms with Crippen molar-refractivity contribution in [3.05, 3.63) is 48.0 Å². The van der Waals surface area contributed by atoms with Gasteiger partial charge in [0.15, 0.2) is 5.78 Å². The first-order chi connectivity index (χ1) is 9.72. The molecule has 3 heteroatoms. The van der Waals surface area contributed by atoms with Crippen molar-refractivity contribution in [2.45, 2.75) is 19.4 Å². The summed E-state index contributed by atoms with van der Waals surface area (Å²) in [5, 5.41) is 2.09. The summed E-state index contributed by atoms with van der Waals surface area (Å²) in [7, 11) is 1.65. The van der Waals surface area contributed by atoms with E-state index in [1.807, 2.05) is 49.4 Å². The number of carbonyl (C=O) groups is 1. The molecule has 20 heavy (non-hydrogen) atoms. The molecule has 0 radical (unpaired) electrons. The van der Waals surface area contributed by atoms with Gasteiger partial charge in [0.2, 0.25) is 0 Å². The second-order valence-electron chi connectivity index (χ2n) is 4.82. The van der Waals surface area contributed by atoms with Crippen LogP contribution >= 0.6 is 0 Å². The van der Waals surface area contributed by atoms with Crippen LogP contribution in [0, 0.1) is 0 Å². The van der Waals surface area contributed by atoms with Gasteiger partial charge in [-0.05, 0) is 17.7 Å². The Balaban J connectivity index is 1.98. The second kappa shape index (κ2) is 7.17. The Kier molecular flexibility index (Phi) is 5.27. The molecule has 0 saturated carbocycles. The Labute approximate surface area is 119 Å². The lowest BCUT2D eigenvalue weighted by Gasteiger charge is -2.10. The normalized spacial score (nSPS) is 12.5. The number of methoxy groups -OCH3 is 1. The van der Waals surface area contributed by atoms with Gasteiger partial charge in [-0.25, -0.2) is 0 Å². The lowest BCUT2D eigenvalue weighted by atomic mass is 10.0. The number of rotatable bonds is 7. The zero-order chi connectivity index (χ0) is 14.4. The van der Waals surface area contributed by atoms with Crippen molar-refractivity contribution in [1.29, 1.82) is 0 Å². The average Bonchev–Trinajstić information content (AvgIpc) is 2.50. The zero-order valence-electron chi connectivity index (χ0n) is 12.0. The van der Waals surface area contributed by atoms with E-state index in [-0.39, 0.29) is 11.9 Å². The summed E-state index contributed by atoms with van der Waals surface area (Å²) in [5.74, 6) is 0.117. The third-order valence-electron chi connectivity index (χ3n) is 3.32. The fourth-order valence-electron chi connectivity index (χ4n) is 2.09. The lowest BCUT2D eigenvalue weighted by Crippen LogP contribution is -2.15. The molecule has 0 aliphatic rings. The summed E-state index contributed by atoms with van der Waals surface area (Å²) in [6, 6.07) is 13.7.